The molecule has 4 nitrogen and oxygen atoms in total. The molecule has 1 aliphatic heterocycles. The van der Waals surface area contributed by atoms with Crippen molar-refractivity contribution in [3.05, 3.63) is 0 Å². The molecule has 0 aromatic rings. The van der Waals surface area contributed by atoms with Gasteiger partial charge >= 0.3 is 5.97 Å². The molecule has 0 amide bonds. The average Bonchev–Trinajstić information content (AvgIpc) is 2.50. The van der Waals surface area contributed by atoms with Gasteiger partial charge in [-0.05, 0) is 38.3 Å². The first-order valence-electron chi connectivity index (χ1n) is 6.14. The second kappa shape index (κ2) is 6.86. The van der Waals surface area contributed by atoms with Crippen LogP contribution in [0.3, 0.4) is 0 Å². The lowest BCUT2D eigenvalue weighted by atomic mass is 9.98. The van der Waals surface area contributed by atoms with E-state index in [1.54, 1.807) is 7.11 Å². The van der Waals surface area contributed by atoms with Gasteiger partial charge in [0.15, 0.2) is 0 Å². The normalized spacial score (nSPS) is 25.0. The molecule has 0 aromatic heterocycles. The molecule has 16 heavy (non-hydrogen) atoms. The largest absolute Gasteiger partial charge is 0.480 e. The topological polar surface area (TPSA) is 49.8 Å². The van der Waals surface area contributed by atoms with Gasteiger partial charge in [0, 0.05) is 7.11 Å². The Morgan fingerprint density at radius 1 is 1.50 bits per heavy atom. The molecule has 2 atom stereocenters. The smallest absolute Gasteiger partial charge is 0.323 e. The SMILES string of the molecule is CCC1CCCN(C(COC)C(=O)O)CC1. The monoisotopic (exact) mass is 229 g/mol. The van der Waals surface area contributed by atoms with Crippen LogP contribution in [0.5, 0.6) is 0 Å². The summed E-state index contributed by atoms with van der Waals surface area (Å²) >= 11 is 0. The van der Waals surface area contributed by atoms with Gasteiger partial charge in [-0.15, -0.1) is 0 Å². The number of methoxy groups -OCH3 is 1. The number of aliphatic carboxylic acids is 1. The predicted molar refractivity (Wildman–Crippen MR) is 62.5 cm³/mol. The van der Waals surface area contributed by atoms with Crippen LogP contribution in [0.4, 0.5) is 0 Å². The molecule has 4 heteroatoms. The summed E-state index contributed by atoms with van der Waals surface area (Å²) in [7, 11) is 1.56. The van der Waals surface area contributed by atoms with Crippen molar-refractivity contribution >= 4 is 5.97 Å². The minimum Gasteiger partial charge on any atom is -0.480 e. The summed E-state index contributed by atoms with van der Waals surface area (Å²) in [5, 5.41) is 9.15. The van der Waals surface area contributed by atoms with E-state index in [-0.39, 0.29) is 6.61 Å². The molecule has 0 spiro atoms. The van der Waals surface area contributed by atoms with Gasteiger partial charge in [0.2, 0.25) is 0 Å². The standard InChI is InChI=1S/C12H23NO3/c1-3-10-5-4-7-13(8-6-10)11(9-16-2)12(14)15/h10-11H,3-9H2,1-2H3,(H,14,15). The fraction of sp³-hybridized carbons (Fsp3) is 0.917. The zero-order valence-electron chi connectivity index (χ0n) is 10.3. The lowest BCUT2D eigenvalue weighted by molar-refractivity contribution is -0.145. The van der Waals surface area contributed by atoms with Gasteiger partial charge in [-0.25, -0.2) is 0 Å². The van der Waals surface area contributed by atoms with Crippen molar-refractivity contribution in [1.29, 1.82) is 0 Å². The number of hydrogen-bond donors (Lipinski definition) is 1. The first-order chi connectivity index (χ1) is 7.69. The van der Waals surface area contributed by atoms with Gasteiger partial charge in [0.05, 0.1) is 6.61 Å². The van der Waals surface area contributed by atoms with Crippen LogP contribution in [0.1, 0.15) is 32.6 Å². The Balaban J connectivity index is 2.53. The van der Waals surface area contributed by atoms with Gasteiger partial charge < -0.3 is 9.84 Å². The summed E-state index contributed by atoms with van der Waals surface area (Å²) in [6.07, 6.45) is 4.65. The number of likely N-dealkylation sites (tertiary alicyclic amines) is 1. The summed E-state index contributed by atoms with van der Waals surface area (Å²) in [6.45, 7) is 4.27. The molecule has 1 N–H and O–H groups in total. The highest BCUT2D eigenvalue weighted by Crippen LogP contribution is 2.21. The molecule has 1 aliphatic rings. The average molecular weight is 229 g/mol. The Kier molecular flexibility index (Phi) is 5.77. The van der Waals surface area contributed by atoms with E-state index in [0.717, 1.165) is 31.8 Å². The van der Waals surface area contributed by atoms with Crippen molar-refractivity contribution < 1.29 is 14.6 Å². The first-order valence-corrected chi connectivity index (χ1v) is 6.14. The Labute approximate surface area is 97.6 Å². The lowest BCUT2D eigenvalue weighted by Crippen LogP contribution is -2.44. The minimum absolute atomic E-state index is 0.284. The summed E-state index contributed by atoms with van der Waals surface area (Å²) in [6, 6.07) is -0.472. The van der Waals surface area contributed by atoms with Gasteiger partial charge in [0.25, 0.3) is 0 Å². The molecule has 0 aromatic carbocycles. The highest BCUT2D eigenvalue weighted by atomic mass is 16.5. The number of hydrogen-bond acceptors (Lipinski definition) is 3. The Morgan fingerprint density at radius 3 is 2.81 bits per heavy atom. The van der Waals surface area contributed by atoms with Crippen molar-refractivity contribution in [2.45, 2.75) is 38.6 Å². The zero-order valence-corrected chi connectivity index (χ0v) is 10.3. The van der Waals surface area contributed by atoms with Crippen molar-refractivity contribution in [2.24, 2.45) is 5.92 Å². The molecular weight excluding hydrogens is 206 g/mol. The highest BCUT2D eigenvalue weighted by molar-refractivity contribution is 5.73. The van der Waals surface area contributed by atoms with Crippen molar-refractivity contribution in [3.63, 3.8) is 0 Å². The summed E-state index contributed by atoms with van der Waals surface area (Å²) < 4.78 is 4.99. The second-order valence-corrected chi connectivity index (χ2v) is 4.55. The molecule has 2 unspecified atom stereocenters. The molecule has 0 aliphatic carbocycles. The number of carboxylic acid groups (broad SMARTS) is 1. The third-order valence-electron chi connectivity index (χ3n) is 3.51. The van der Waals surface area contributed by atoms with E-state index < -0.39 is 12.0 Å². The van der Waals surface area contributed by atoms with Gasteiger partial charge in [-0.1, -0.05) is 13.3 Å². The minimum atomic E-state index is -0.767. The highest BCUT2D eigenvalue weighted by Gasteiger charge is 2.27. The summed E-state index contributed by atoms with van der Waals surface area (Å²) in [5.41, 5.74) is 0. The molecule has 0 saturated carbocycles. The van der Waals surface area contributed by atoms with E-state index in [9.17, 15) is 4.79 Å². The summed E-state index contributed by atoms with van der Waals surface area (Å²) in [5.74, 6) is -0.00112. The third kappa shape index (κ3) is 3.76. The van der Waals surface area contributed by atoms with Crippen molar-refractivity contribution in [3.8, 4) is 0 Å². The fourth-order valence-electron chi connectivity index (χ4n) is 2.40. The molecule has 0 bridgehead atoms. The summed E-state index contributed by atoms with van der Waals surface area (Å²) in [4.78, 5) is 13.2. The number of carbonyl (C=O) groups is 1. The zero-order chi connectivity index (χ0) is 12.0. The van der Waals surface area contributed by atoms with E-state index in [4.69, 9.17) is 9.84 Å². The quantitative estimate of drug-likeness (QED) is 0.778. The first kappa shape index (κ1) is 13.5. The van der Waals surface area contributed by atoms with Crippen LogP contribution in [-0.2, 0) is 9.53 Å². The van der Waals surface area contributed by atoms with Crippen LogP contribution in [-0.4, -0.2) is 48.8 Å². The predicted octanol–water partition coefficient (Wildman–Crippen LogP) is 1.60. The van der Waals surface area contributed by atoms with Crippen molar-refractivity contribution in [1.82, 2.24) is 4.90 Å². The number of nitrogens with zero attached hydrogens (tertiary/aromatic N) is 1. The van der Waals surface area contributed by atoms with E-state index in [1.807, 2.05) is 0 Å². The Morgan fingerprint density at radius 2 is 2.25 bits per heavy atom. The van der Waals surface area contributed by atoms with E-state index in [2.05, 4.69) is 11.8 Å². The van der Waals surface area contributed by atoms with Gasteiger partial charge in [-0.2, -0.15) is 0 Å². The van der Waals surface area contributed by atoms with Gasteiger partial charge in [-0.3, -0.25) is 9.69 Å². The number of carboxylic acids is 1. The number of ether oxygens (including phenoxy) is 1. The maximum atomic E-state index is 11.1. The van der Waals surface area contributed by atoms with E-state index in [1.165, 1.54) is 12.8 Å². The van der Waals surface area contributed by atoms with Crippen LogP contribution in [0.15, 0.2) is 0 Å². The fourth-order valence-corrected chi connectivity index (χ4v) is 2.40. The molecular formula is C12H23NO3. The molecule has 1 fully saturated rings. The Bertz CT molecular complexity index is 220. The number of rotatable bonds is 5. The molecule has 94 valence electrons. The Hall–Kier alpha value is -0.610. The second-order valence-electron chi connectivity index (χ2n) is 4.55. The van der Waals surface area contributed by atoms with Crippen LogP contribution >= 0.6 is 0 Å². The maximum absolute atomic E-state index is 11.1. The van der Waals surface area contributed by atoms with Crippen molar-refractivity contribution in [2.75, 3.05) is 26.8 Å². The van der Waals surface area contributed by atoms with Crippen LogP contribution in [0, 0.1) is 5.92 Å². The van der Waals surface area contributed by atoms with E-state index >= 15 is 0 Å². The van der Waals surface area contributed by atoms with Crippen LogP contribution in [0.2, 0.25) is 0 Å². The third-order valence-corrected chi connectivity index (χ3v) is 3.51. The van der Waals surface area contributed by atoms with Crippen LogP contribution < -0.4 is 0 Å². The molecule has 0 radical (unpaired) electrons. The van der Waals surface area contributed by atoms with E-state index in [0.29, 0.717) is 0 Å². The maximum Gasteiger partial charge on any atom is 0.323 e. The van der Waals surface area contributed by atoms with Gasteiger partial charge in [0.1, 0.15) is 6.04 Å². The lowest BCUT2D eigenvalue weighted by Gasteiger charge is -2.26. The van der Waals surface area contributed by atoms with Crippen LogP contribution in [0.25, 0.3) is 0 Å². The molecule has 1 heterocycles. The molecule has 1 saturated heterocycles. The molecule has 1 rings (SSSR count).